The highest BCUT2D eigenvalue weighted by Gasteiger charge is 2.27. The van der Waals surface area contributed by atoms with E-state index >= 15 is 0 Å². The van der Waals surface area contributed by atoms with Gasteiger partial charge in [-0.15, -0.1) is 0 Å². The normalized spacial score (nSPS) is 31.8. The number of aliphatic hydroxyl groups is 1. The summed E-state index contributed by atoms with van der Waals surface area (Å²) in [5, 5.41) is 15.2. The number of aliphatic hydroxyl groups excluding tert-OH is 1. The first-order valence-electron chi connectivity index (χ1n) is 8.02. The molecule has 2 aliphatic rings. The third-order valence-corrected chi connectivity index (χ3v) is 4.61. The Morgan fingerprint density at radius 1 is 1.30 bits per heavy atom. The topological polar surface area (TPSA) is 70.6 Å². The number of rotatable bonds is 5. The molecule has 1 heterocycles. The summed E-state index contributed by atoms with van der Waals surface area (Å²) in [6.07, 6.45) is 7.15. The fourth-order valence-corrected chi connectivity index (χ4v) is 3.26. The molecule has 2 atom stereocenters. The van der Waals surface area contributed by atoms with Crippen LogP contribution in [0.5, 0.6) is 0 Å². The van der Waals surface area contributed by atoms with Crippen LogP contribution in [0.15, 0.2) is 0 Å². The van der Waals surface area contributed by atoms with Gasteiger partial charge in [-0.3, -0.25) is 0 Å². The minimum Gasteiger partial charge on any atom is -0.396 e. The largest absolute Gasteiger partial charge is 0.396 e. The van der Waals surface area contributed by atoms with Crippen molar-refractivity contribution in [3.8, 4) is 0 Å². The summed E-state index contributed by atoms with van der Waals surface area (Å²) < 4.78 is 5.66. The zero-order chi connectivity index (χ0) is 14.4. The molecule has 0 aromatic carbocycles. The van der Waals surface area contributed by atoms with Gasteiger partial charge in [0.25, 0.3) is 0 Å². The van der Waals surface area contributed by atoms with E-state index in [1.54, 1.807) is 0 Å². The summed E-state index contributed by atoms with van der Waals surface area (Å²) in [4.78, 5) is 12.1. The Hall–Kier alpha value is -0.810. The minimum absolute atomic E-state index is 0.0696. The van der Waals surface area contributed by atoms with Crippen LogP contribution in [0.3, 0.4) is 0 Å². The van der Waals surface area contributed by atoms with Crippen LogP contribution >= 0.6 is 0 Å². The van der Waals surface area contributed by atoms with E-state index in [0.29, 0.717) is 5.92 Å². The lowest BCUT2D eigenvalue weighted by atomic mass is 9.87. The molecule has 2 amide bonds. The van der Waals surface area contributed by atoms with Crippen LogP contribution in [0.2, 0.25) is 0 Å². The first kappa shape index (κ1) is 15.6. The SMILES string of the molecule is CCC(NC(=O)NC1CCC(CO)CC1)C1CCCO1. The summed E-state index contributed by atoms with van der Waals surface area (Å²) in [6, 6.07) is 0.297. The molecule has 1 aliphatic carbocycles. The monoisotopic (exact) mass is 284 g/mol. The Bertz CT molecular complexity index is 297. The lowest BCUT2D eigenvalue weighted by Crippen LogP contribution is -2.50. The van der Waals surface area contributed by atoms with Gasteiger partial charge < -0.3 is 20.5 Å². The van der Waals surface area contributed by atoms with Gasteiger partial charge in [-0.05, 0) is 50.9 Å². The van der Waals surface area contributed by atoms with E-state index in [4.69, 9.17) is 9.84 Å². The van der Waals surface area contributed by atoms with Crippen LogP contribution in [0, 0.1) is 5.92 Å². The molecule has 0 spiro atoms. The predicted octanol–water partition coefficient (Wildman–Crippen LogP) is 1.79. The van der Waals surface area contributed by atoms with Gasteiger partial charge >= 0.3 is 6.03 Å². The maximum Gasteiger partial charge on any atom is 0.315 e. The quantitative estimate of drug-likeness (QED) is 0.721. The van der Waals surface area contributed by atoms with Crippen LogP contribution < -0.4 is 10.6 Å². The van der Waals surface area contributed by atoms with Gasteiger partial charge in [-0.25, -0.2) is 4.79 Å². The van der Waals surface area contributed by atoms with Crippen molar-refractivity contribution < 1.29 is 14.6 Å². The molecule has 0 aromatic heterocycles. The fourth-order valence-electron chi connectivity index (χ4n) is 3.26. The van der Waals surface area contributed by atoms with Crippen LogP contribution in [-0.4, -0.2) is 42.5 Å². The highest BCUT2D eigenvalue weighted by atomic mass is 16.5. The van der Waals surface area contributed by atoms with Crippen molar-refractivity contribution in [3.05, 3.63) is 0 Å². The second-order valence-corrected chi connectivity index (χ2v) is 6.08. The van der Waals surface area contributed by atoms with Crippen molar-refractivity contribution in [1.29, 1.82) is 0 Å². The van der Waals surface area contributed by atoms with Crippen molar-refractivity contribution in [1.82, 2.24) is 10.6 Å². The number of ether oxygens (including phenoxy) is 1. The Morgan fingerprint density at radius 3 is 2.60 bits per heavy atom. The molecule has 2 unspecified atom stereocenters. The average Bonchev–Trinajstić information content (AvgIpc) is 2.99. The van der Waals surface area contributed by atoms with E-state index in [2.05, 4.69) is 17.6 Å². The minimum atomic E-state index is -0.0696. The van der Waals surface area contributed by atoms with Crippen molar-refractivity contribution in [2.75, 3.05) is 13.2 Å². The van der Waals surface area contributed by atoms with Crippen molar-refractivity contribution >= 4 is 6.03 Å². The highest BCUT2D eigenvalue weighted by molar-refractivity contribution is 5.74. The molecule has 5 heteroatoms. The van der Waals surface area contributed by atoms with Crippen LogP contribution in [0.4, 0.5) is 4.79 Å². The second kappa shape index (κ2) is 7.84. The number of nitrogens with one attached hydrogen (secondary N) is 2. The van der Waals surface area contributed by atoms with Gasteiger partial charge in [0.1, 0.15) is 0 Å². The Balaban J connectivity index is 1.71. The zero-order valence-corrected chi connectivity index (χ0v) is 12.4. The van der Waals surface area contributed by atoms with E-state index in [0.717, 1.165) is 51.6 Å². The van der Waals surface area contributed by atoms with E-state index in [1.807, 2.05) is 0 Å². The second-order valence-electron chi connectivity index (χ2n) is 6.08. The van der Waals surface area contributed by atoms with Gasteiger partial charge in [-0.1, -0.05) is 6.92 Å². The molecule has 2 rings (SSSR count). The lowest BCUT2D eigenvalue weighted by Gasteiger charge is -2.29. The van der Waals surface area contributed by atoms with E-state index in [1.165, 1.54) is 0 Å². The molecule has 20 heavy (non-hydrogen) atoms. The van der Waals surface area contributed by atoms with Gasteiger partial charge in [0.05, 0.1) is 12.1 Å². The Morgan fingerprint density at radius 2 is 2.05 bits per heavy atom. The van der Waals surface area contributed by atoms with E-state index < -0.39 is 0 Å². The molecule has 1 aliphatic heterocycles. The average molecular weight is 284 g/mol. The Labute approximate surface area is 121 Å². The number of urea groups is 1. The molecule has 5 nitrogen and oxygen atoms in total. The third kappa shape index (κ3) is 4.35. The van der Waals surface area contributed by atoms with Crippen molar-refractivity contribution in [2.45, 2.75) is 70.1 Å². The predicted molar refractivity (Wildman–Crippen MR) is 77.6 cm³/mol. The van der Waals surface area contributed by atoms with E-state index in [9.17, 15) is 4.79 Å². The van der Waals surface area contributed by atoms with Crippen LogP contribution in [0.25, 0.3) is 0 Å². The highest BCUT2D eigenvalue weighted by Crippen LogP contribution is 2.23. The smallest absolute Gasteiger partial charge is 0.315 e. The van der Waals surface area contributed by atoms with Crippen molar-refractivity contribution in [2.24, 2.45) is 5.92 Å². The number of carbonyl (C=O) groups excluding carboxylic acids is 1. The third-order valence-electron chi connectivity index (χ3n) is 4.61. The van der Waals surface area contributed by atoms with E-state index in [-0.39, 0.29) is 30.8 Å². The summed E-state index contributed by atoms with van der Waals surface area (Å²) in [6.45, 7) is 3.17. The van der Waals surface area contributed by atoms with Gasteiger partial charge in [0.2, 0.25) is 0 Å². The standard InChI is InChI=1S/C15H28N2O3/c1-2-13(14-4-3-9-20-14)17-15(19)16-12-7-5-11(10-18)6-8-12/h11-14,18H,2-10H2,1H3,(H2,16,17,19). The molecular weight excluding hydrogens is 256 g/mol. The molecular formula is C15H28N2O3. The van der Waals surface area contributed by atoms with Crippen LogP contribution in [0.1, 0.15) is 51.9 Å². The molecule has 116 valence electrons. The first-order valence-corrected chi connectivity index (χ1v) is 8.02. The fraction of sp³-hybridized carbons (Fsp3) is 0.933. The van der Waals surface area contributed by atoms with Gasteiger partial charge in [0, 0.05) is 19.3 Å². The van der Waals surface area contributed by atoms with Gasteiger partial charge in [-0.2, -0.15) is 0 Å². The number of hydrogen-bond acceptors (Lipinski definition) is 3. The molecule has 1 saturated heterocycles. The summed E-state index contributed by atoms with van der Waals surface area (Å²) >= 11 is 0. The number of amides is 2. The van der Waals surface area contributed by atoms with Crippen molar-refractivity contribution in [3.63, 3.8) is 0 Å². The first-order chi connectivity index (χ1) is 9.72. The molecule has 3 N–H and O–H groups in total. The van der Waals surface area contributed by atoms with Gasteiger partial charge in [0.15, 0.2) is 0 Å². The molecule has 1 saturated carbocycles. The molecule has 0 radical (unpaired) electrons. The number of hydrogen-bond donors (Lipinski definition) is 3. The maximum absolute atomic E-state index is 12.1. The number of carbonyl (C=O) groups is 1. The summed E-state index contributed by atoms with van der Waals surface area (Å²) in [7, 11) is 0. The molecule has 0 aromatic rings. The summed E-state index contributed by atoms with van der Waals surface area (Å²) in [5.41, 5.74) is 0. The molecule has 2 fully saturated rings. The van der Waals surface area contributed by atoms with Crippen LogP contribution in [-0.2, 0) is 4.74 Å². The summed E-state index contributed by atoms with van der Waals surface area (Å²) in [5.74, 6) is 0.423. The maximum atomic E-state index is 12.1. The lowest BCUT2D eigenvalue weighted by molar-refractivity contribution is 0.0792. The zero-order valence-electron chi connectivity index (χ0n) is 12.4. The molecule has 0 bridgehead atoms. The Kier molecular flexibility index (Phi) is 6.10.